The van der Waals surface area contributed by atoms with Crippen molar-refractivity contribution in [2.24, 2.45) is 0 Å². The Labute approximate surface area is 115 Å². The van der Waals surface area contributed by atoms with Crippen LogP contribution in [0.25, 0.3) is 0 Å². The zero-order valence-electron chi connectivity index (χ0n) is 12.1. The number of aliphatic hydroxyl groups is 2. The Morgan fingerprint density at radius 3 is 2.37 bits per heavy atom. The largest absolute Gasteiger partial charge is 0.427 e. The average molecular weight is 265 g/mol. The van der Waals surface area contributed by atoms with Crippen molar-refractivity contribution in [3.63, 3.8) is 0 Å². The standard InChI is InChI=1S/C13H22BN2O3/c1-12(2,18)13(3,4)19-14-9-6-7-10(16-8-9)11(17)15-5/h6-8,11,15,17-18H,1-5H3. The fourth-order valence-electron chi connectivity index (χ4n) is 1.16. The molecule has 1 aromatic heterocycles. The molecule has 0 amide bonds. The highest BCUT2D eigenvalue weighted by molar-refractivity contribution is 6.46. The number of hydrogen-bond acceptors (Lipinski definition) is 5. The maximum atomic E-state index is 9.97. The molecule has 0 saturated heterocycles. The summed E-state index contributed by atoms with van der Waals surface area (Å²) in [5.74, 6) is 0. The molecule has 1 aromatic rings. The highest BCUT2D eigenvalue weighted by Gasteiger charge is 2.35. The Bertz CT molecular complexity index is 401. The first-order valence-corrected chi connectivity index (χ1v) is 6.22. The first kappa shape index (κ1) is 16.1. The predicted octanol–water partition coefficient (Wildman–Crippen LogP) is 0.102. The summed E-state index contributed by atoms with van der Waals surface area (Å²) in [6, 6.07) is 3.51. The molecule has 0 aromatic carbocycles. The molecular weight excluding hydrogens is 243 g/mol. The summed E-state index contributed by atoms with van der Waals surface area (Å²) < 4.78 is 5.61. The van der Waals surface area contributed by atoms with E-state index in [1.807, 2.05) is 13.8 Å². The lowest BCUT2D eigenvalue weighted by Crippen LogP contribution is -2.49. The van der Waals surface area contributed by atoms with Gasteiger partial charge >= 0.3 is 7.48 Å². The lowest BCUT2D eigenvalue weighted by Gasteiger charge is -2.37. The summed E-state index contributed by atoms with van der Waals surface area (Å²) in [7, 11) is 3.21. The maximum Gasteiger partial charge on any atom is 0.332 e. The van der Waals surface area contributed by atoms with E-state index in [1.165, 1.54) is 0 Å². The zero-order valence-corrected chi connectivity index (χ0v) is 12.1. The molecule has 5 nitrogen and oxygen atoms in total. The molecule has 1 atom stereocenters. The van der Waals surface area contributed by atoms with E-state index in [1.54, 1.807) is 46.7 Å². The number of aromatic nitrogens is 1. The van der Waals surface area contributed by atoms with Crippen LogP contribution in [0.2, 0.25) is 0 Å². The van der Waals surface area contributed by atoms with Crippen LogP contribution in [0.4, 0.5) is 0 Å². The first-order chi connectivity index (χ1) is 8.67. The minimum Gasteiger partial charge on any atom is -0.427 e. The third-order valence-electron chi connectivity index (χ3n) is 3.33. The molecule has 0 aliphatic rings. The quantitative estimate of drug-likeness (QED) is 0.502. The van der Waals surface area contributed by atoms with Crippen LogP contribution in [-0.4, -0.2) is 40.9 Å². The summed E-state index contributed by atoms with van der Waals surface area (Å²) in [4.78, 5) is 4.13. The van der Waals surface area contributed by atoms with Crippen molar-refractivity contribution in [3.05, 3.63) is 24.0 Å². The lowest BCUT2D eigenvalue weighted by atomic mass is 9.83. The van der Waals surface area contributed by atoms with Gasteiger partial charge in [0.05, 0.1) is 16.9 Å². The van der Waals surface area contributed by atoms with Gasteiger partial charge in [-0.05, 0) is 46.3 Å². The van der Waals surface area contributed by atoms with Crippen molar-refractivity contribution in [2.45, 2.75) is 45.1 Å². The second kappa shape index (κ2) is 6.01. The number of aliphatic hydroxyl groups excluding tert-OH is 1. The van der Waals surface area contributed by atoms with Crippen LogP contribution in [0.3, 0.4) is 0 Å². The second-order valence-corrected chi connectivity index (χ2v) is 5.51. The van der Waals surface area contributed by atoms with Gasteiger partial charge in [-0.1, -0.05) is 6.07 Å². The molecule has 6 heteroatoms. The van der Waals surface area contributed by atoms with Gasteiger partial charge in [0.25, 0.3) is 0 Å². The number of hydrogen-bond donors (Lipinski definition) is 3. The molecule has 0 aliphatic heterocycles. The molecule has 0 saturated carbocycles. The van der Waals surface area contributed by atoms with Crippen LogP contribution >= 0.6 is 0 Å². The molecule has 1 heterocycles. The summed E-state index contributed by atoms with van der Waals surface area (Å²) in [6.45, 7) is 7.03. The summed E-state index contributed by atoms with van der Waals surface area (Å²) in [5.41, 5.74) is -0.360. The van der Waals surface area contributed by atoms with Gasteiger partial charge in [0.2, 0.25) is 0 Å². The fourth-order valence-corrected chi connectivity index (χ4v) is 1.16. The summed E-state index contributed by atoms with van der Waals surface area (Å²) in [5, 5.41) is 22.2. The highest BCUT2D eigenvalue weighted by atomic mass is 16.5. The first-order valence-electron chi connectivity index (χ1n) is 6.22. The van der Waals surface area contributed by atoms with Gasteiger partial charge < -0.3 is 14.9 Å². The Balaban J connectivity index is 2.65. The monoisotopic (exact) mass is 265 g/mol. The van der Waals surface area contributed by atoms with E-state index in [0.29, 0.717) is 5.69 Å². The molecule has 1 rings (SSSR count). The van der Waals surface area contributed by atoms with Crippen LogP contribution in [-0.2, 0) is 4.65 Å². The fraction of sp³-hybridized carbons (Fsp3) is 0.615. The molecule has 0 bridgehead atoms. The van der Waals surface area contributed by atoms with Crippen LogP contribution in [0.1, 0.15) is 39.6 Å². The van der Waals surface area contributed by atoms with E-state index < -0.39 is 17.4 Å². The maximum absolute atomic E-state index is 9.97. The Kier molecular flexibility index (Phi) is 5.09. The summed E-state index contributed by atoms with van der Waals surface area (Å²) >= 11 is 0. The molecular formula is C13H22BN2O3. The van der Waals surface area contributed by atoms with Crippen LogP contribution in [0.5, 0.6) is 0 Å². The van der Waals surface area contributed by atoms with E-state index in [4.69, 9.17) is 4.65 Å². The van der Waals surface area contributed by atoms with Crippen LogP contribution < -0.4 is 10.8 Å². The normalized spacial score (nSPS) is 14.3. The van der Waals surface area contributed by atoms with Crippen molar-refractivity contribution in [2.75, 3.05) is 7.05 Å². The Morgan fingerprint density at radius 2 is 1.95 bits per heavy atom. The Hall–Kier alpha value is -0.945. The van der Waals surface area contributed by atoms with Gasteiger partial charge in [-0.15, -0.1) is 0 Å². The Morgan fingerprint density at radius 1 is 1.32 bits per heavy atom. The van der Waals surface area contributed by atoms with Gasteiger partial charge in [0.15, 0.2) is 0 Å². The van der Waals surface area contributed by atoms with Gasteiger partial charge in [0.1, 0.15) is 6.23 Å². The summed E-state index contributed by atoms with van der Waals surface area (Å²) in [6.07, 6.45) is 0.832. The number of pyridine rings is 1. The van der Waals surface area contributed by atoms with Gasteiger partial charge in [-0.2, -0.15) is 0 Å². The van der Waals surface area contributed by atoms with Gasteiger partial charge in [-0.25, -0.2) is 0 Å². The van der Waals surface area contributed by atoms with E-state index in [2.05, 4.69) is 10.3 Å². The minimum absolute atomic E-state index is 0.543. The van der Waals surface area contributed by atoms with E-state index in [0.717, 1.165) is 5.46 Å². The van der Waals surface area contributed by atoms with E-state index in [9.17, 15) is 10.2 Å². The SMILES string of the molecule is CNC(O)c1ccc([B]OC(C)(C)C(C)(C)O)cn1. The van der Waals surface area contributed by atoms with Crippen LogP contribution in [0, 0.1) is 0 Å². The molecule has 0 spiro atoms. The van der Waals surface area contributed by atoms with Crippen molar-refractivity contribution in [3.8, 4) is 0 Å². The smallest absolute Gasteiger partial charge is 0.332 e. The zero-order chi connectivity index (χ0) is 14.7. The second-order valence-electron chi connectivity index (χ2n) is 5.51. The molecule has 19 heavy (non-hydrogen) atoms. The molecule has 1 unspecified atom stereocenters. The van der Waals surface area contributed by atoms with Crippen LogP contribution in [0.15, 0.2) is 18.3 Å². The molecule has 105 valence electrons. The van der Waals surface area contributed by atoms with Gasteiger partial charge in [0, 0.05) is 6.20 Å². The third-order valence-corrected chi connectivity index (χ3v) is 3.33. The van der Waals surface area contributed by atoms with Crippen molar-refractivity contribution < 1.29 is 14.9 Å². The van der Waals surface area contributed by atoms with Crippen molar-refractivity contribution in [1.29, 1.82) is 0 Å². The molecule has 0 aliphatic carbocycles. The number of rotatable bonds is 6. The average Bonchev–Trinajstić information content (AvgIpc) is 2.35. The number of nitrogens with zero attached hydrogens (tertiary/aromatic N) is 1. The molecule has 1 radical (unpaired) electrons. The molecule has 3 N–H and O–H groups in total. The van der Waals surface area contributed by atoms with E-state index in [-0.39, 0.29) is 0 Å². The number of nitrogens with one attached hydrogen (secondary N) is 1. The highest BCUT2D eigenvalue weighted by Crippen LogP contribution is 2.24. The van der Waals surface area contributed by atoms with Gasteiger partial charge in [-0.3, -0.25) is 10.3 Å². The van der Waals surface area contributed by atoms with Crippen molar-refractivity contribution in [1.82, 2.24) is 10.3 Å². The molecule has 0 fully saturated rings. The predicted molar refractivity (Wildman–Crippen MR) is 75.1 cm³/mol. The minimum atomic E-state index is -0.959. The van der Waals surface area contributed by atoms with E-state index >= 15 is 0 Å². The topological polar surface area (TPSA) is 74.6 Å². The van der Waals surface area contributed by atoms with Crippen molar-refractivity contribution >= 4 is 12.9 Å². The lowest BCUT2D eigenvalue weighted by molar-refractivity contribution is -0.0893. The third kappa shape index (κ3) is 4.28.